The summed E-state index contributed by atoms with van der Waals surface area (Å²) in [5, 5.41) is 6.98. The van der Waals surface area contributed by atoms with E-state index in [1.54, 1.807) is 41.9 Å². The third-order valence-electron chi connectivity index (χ3n) is 5.82. The highest BCUT2D eigenvalue weighted by molar-refractivity contribution is 5.93. The van der Waals surface area contributed by atoms with Gasteiger partial charge < -0.3 is 10.2 Å². The Morgan fingerprint density at radius 2 is 1.81 bits per heavy atom. The second-order valence-corrected chi connectivity index (χ2v) is 8.34. The predicted octanol–water partition coefficient (Wildman–Crippen LogP) is 4.08. The highest BCUT2D eigenvalue weighted by atomic mass is 19.4. The molecule has 168 valence electrons. The van der Waals surface area contributed by atoms with E-state index in [2.05, 4.69) is 10.4 Å². The molecule has 6 nitrogen and oxygen atoms in total. The zero-order valence-corrected chi connectivity index (χ0v) is 17.9. The quantitative estimate of drug-likeness (QED) is 0.768. The lowest BCUT2D eigenvalue weighted by Gasteiger charge is -2.37. The fourth-order valence-corrected chi connectivity index (χ4v) is 3.79. The maximum Gasteiger partial charge on any atom is 0.416 e. The predicted molar refractivity (Wildman–Crippen MR) is 110 cm³/mol. The van der Waals surface area contributed by atoms with Crippen molar-refractivity contribution in [1.82, 2.24) is 14.7 Å². The van der Waals surface area contributed by atoms with Crippen molar-refractivity contribution in [2.75, 3.05) is 18.4 Å². The molecule has 0 radical (unpaired) electrons. The number of piperidine rings is 1. The van der Waals surface area contributed by atoms with Crippen LogP contribution >= 0.6 is 0 Å². The van der Waals surface area contributed by atoms with Crippen LogP contribution in [0.1, 0.15) is 44.7 Å². The van der Waals surface area contributed by atoms with Crippen LogP contribution in [0.15, 0.2) is 36.7 Å². The topological polar surface area (TPSA) is 67.2 Å². The average Bonchev–Trinajstić information content (AvgIpc) is 3.20. The van der Waals surface area contributed by atoms with Gasteiger partial charge in [0.25, 0.3) is 0 Å². The second-order valence-electron chi connectivity index (χ2n) is 8.34. The first-order valence-electron chi connectivity index (χ1n) is 10.3. The van der Waals surface area contributed by atoms with Crippen LogP contribution in [-0.2, 0) is 27.7 Å². The SMILES string of the molecule is CCn1cc(NC(=O)C2CCN(C(=O)C(C)(C)c3cccc(C(F)(F)F)c3)CC2)cn1. The molecule has 1 N–H and O–H groups in total. The number of hydrogen-bond acceptors (Lipinski definition) is 3. The number of anilines is 1. The van der Waals surface area contributed by atoms with E-state index in [1.807, 2.05) is 6.92 Å². The molecule has 0 unspecified atom stereocenters. The molecule has 1 aliphatic heterocycles. The van der Waals surface area contributed by atoms with Gasteiger partial charge in [0.2, 0.25) is 11.8 Å². The van der Waals surface area contributed by atoms with Crippen molar-refractivity contribution in [2.24, 2.45) is 5.92 Å². The van der Waals surface area contributed by atoms with E-state index in [0.717, 1.165) is 12.1 Å². The van der Waals surface area contributed by atoms with Crippen LogP contribution in [0.2, 0.25) is 0 Å². The highest BCUT2D eigenvalue weighted by Gasteiger charge is 2.38. The maximum absolute atomic E-state index is 13.1. The van der Waals surface area contributed by atoms with Crippen molar-refractivity contribution in [3.63, 3.8) is 0 Å². The van der Waals surface area contributed by atoms with Gasteiger partial charge in [0.15, 0.2) is 0 Å². The van der Waals surface area contributed by atoms with Gasteiger partial charge in [0.05, 0.1) is 22.9 Å². The van der Waals surface area contributed by atoms with Crippen LogP contribution < -0.4 is 5.32 Å². The third kappa shape index (κ3) is 5.08. The molecule has 31 heavy (non-hydrogen) atoms. The Hall–Kier alpha value is -2.84. The van der Waals surface area contributed by atoms with Crippen molar-refractivity contribution >= 4 is 17.5 Å². The number of nitrogens with zero attached hydrogens (tertiary/aromatic N) is 3. The molecule has 9 heteroatoms. The Balaban J connectivity index is 1.62. The fraction of sp³-hybridized carbons (Fsp3) is 0.500. The Bertz CT molecular complexity index is 944. The summed E-state index contributed by atoms with van der Waals surface area (Å²) in [7, 11) is 0. The fourth-order valence-electron chi connectivity index (χ4n) is 3.79. The summed E-state index contributed by atoms with van der Waals surface area (Å²) in [6.07, 6.45) is -0.115. The van der Waals surface area contributed by atoms with Crippen molar-refractivity contribution in [3.05, 3.63) is 47.8 Å². The lowest BCUT2D eigenvalue weighted by molar-refractivity contribution is -0.140. The molecule has 1 saturated heterocycles. The van der Waals surface area contributed by atoms with E-state index >= 15 is 0 Å². The summed E-state index contributed by atoms with van der Waals surface area (Å²) in [6.45, 7) is 6.69. The average molecular weight is 436 g/mol. The molecule has 0 aliphatic carbocycles. The molecule has 1 fully saturated rings. The molecule has 3 rings (SSSR count). The number of benzene rings is 1. The number of alkyl halides is 3. The van der Waals surface area contributed by atoms with Crippen molar-refractivity contribution < 1.29 is 22.8 Å². The number of carbonyl (C=O) groups excluding carboxylic acids is 2. The number of carbonyl (C=O) groups is 2. The number of aryl methyl sites for hydroxylation is 1. The first-order chi connectivity index (χ1) is 14.5. The van der Waals surface area contributed by atoms with Gasteiger partial charge in [-0.3, -0.25) is 14.3 Å². The standard InChI is InChI=1S/C22H27F3N4O2/c1-4-29-14-18(13-26-29)27-19(30)15-8-10-28(11-9-15)20(31)21(2,3)16-6-5-7-17(12-16)22(23,24)25/h5-7,12-15H,4,8-11H2,1-3H3,(H,27,30). The molecule has 1 aliphatic rings. The summed E-state index contributed by atoms with van der Waals surface area (Å²) in [6, 6.07) is 4.90. The minimum atomic E-state index is -4.46. The summed E-state index contributed by atoms with van der Waals surface area (Å²) < 4.78 is 40.9. The van der Waals surface area contributed by atoms with Gasteiger partial charge in [0, 0.05) is 31.7 Å². The Labute approximate surface area is 179 Å². The molecule has 0 saturated carbocycles. The number of likely N-dealkylation sites (tertiary alicyclic amines) is 1. The minimum Gasteiger partial charge on any atom is -0.342 e. The number of amides is 2. The molecule has 2 amide bonds. The van der Waals surface area contributed by atoms with Gasteiger partial charge in [-0.2, -0.15) is 18.3 Å². The van der Waals surface area contributed by atoms with Gasteiger partial charge >= 0.3 is 6.18 Å². The molecule has 0 atom stereocenters. The number of aromatic nitrogens is 2. The number of rotatable bonds is 5. The smallest absolute Gasteiger partial charge is 0.342 e. The third-order valence-corrected chi connectivity index (χ3v) is 5.82. The molecule has 0 bridgehead atoms. The summed E-state index contributed by atoms with van der Waals surface area (Å²) in [5.74, 6) is -0.583. The molecular formula is C22H27F3N4O2. The van der Waals surface area contributed by atoms with Crippen molar-refractivity contribution in [3.8, 4) is 0 Å². The van der Waals surface area contributed by atoms with E-state index in [-0.39, 0.29) is 17.7 Å². The van der Waals surface area contributed by atoms with Crippen LogP contribution in [0, 0.1) is 5.92 Å². The van der Waals surface area contributed by atoms with Gasteiger partial charge in [-0.25, -0.2) is 0 Å². The molecular weight excluding hydrogens is 409 g/mol. The van der Waals surface area contributed by atoms with E-state index in [9.17, 15) is 22.8 Å². The zero-order chi connectivity index (χ0) is 22.8. The van der Waals surface area contributed by atoms with Crippen LogP contribution in [0.4, 0.5) is 18.9 Å². The van der Waals surface area contributed by atoms with E-state index in [0.29, 0.717) is 43.7 Å². The van der Waals surface area contributed by atoms with Crippen molar-refractivity contribution in [2.45, 2.75) is 51.7 Å². The minimum absolute atomic E-state index is 0.111. The van der Waals surface area contributed by atoms with Crippen LogP contribution in [0.3, 0.4) is 0 Å². The number of halogens is 3. The lowest BCUT2D eigenvalue weighted by Crippen LogP contribution is -2.48. The second kappa shape index (κ2) is 8.72. The van der Waals surface area contributed by atoms with Gasteiger partial charge in [-0.1, -0.05) is 18.2 Å². The number of hydrogen-bond donors (Lipinski definition) is 1. The van der Waals surface area contributed by atoms with Crippen LogP contribution in [0.5, 0.6) is 0 Å². The lowest BCUT2D eigenvalue weighted by atomic mass is 9.81. The first-order valence-corrected chi connectivity index (χ1v) is 10.3. The van der Waals surface area contributed by atoms with E-state index in [4.69, 9.17) is 0 Å². The van der Waals surface area contributed by atoms with Gasteiger partial charge in [0.1, 0.15) is 0 Å². The first kappa shape index (κ1) is 22.8. The van der Waals surface area contributed by atoms with Crippen molar-refractivity contribution in [1.29, 1.82) is 0 Å². The molecule has 2 heterocycles. The highest BCUT2D eigenvalue weighted by Crippen LogP contribution is 2.34. The van der Waals surface area contributed by atoms with Gasteiger partial charge in [-0.15, -0.1) is 0 Å². The summed E-state index contributed by atoms with van der Waals surface area (Å²) in [5.41, 5.74) is -0.922. The Morgan fingerprint density at radius 1 is 1.16 bits per heavy atom. The van der Waals surface area contributed by atoms with E-state index in [1.165, 1.54) is 6.07 Å². The van der Waals surface area contributed by atoms with E-state index < -0.39 is 17.2 Å². The van der Waals surface area contributed by atoms with Gasteiger partial charge in [-0.05, 0) is 45.2 Å². The van der Waals surface area contributed by atoms with Crippen LogP contribution in [-0.4, -0.2) is 39.6 Å². The Kier molecular flexibility index (Phi) is 6.43. The molecule has 2 aromatic rings. The van der Waals surface area contributed by atoms with Crippen LogP contribution in [0.25, 0.3) is 0 Å². The summed E-state index contributed by atoms with van der Waals surface area (Å²) in [4.78, 5) is 27.3. The number of nitrogens with one attached hydrogen (secondary N) is 1. The normalized spacial score (nSPS) is 15.7. The molecule has 1 aromatic heterocycles. The molecule has 0 spiro atoms. The zero-order valence-electron chi connectivity index (χ0n) is 17.9. The Morgan fingerprint density at radius 3 is 2.39 bits per heavy atom. The monoisotopic (exact) mass is 436 g/mol. The largest absolute Gasteiger partial charge is 0.416 e. The molecule has 1 aromatic carbocycles. The summed E-state index contributed by atoms with van der Waals surface area (Å²) >= 11 is 0. The maximum atomic E-state index is 13.1.